The van der Waals surface area contributed by atoms with Crippen molar-refractivity contribution in [3.05, 3.63) is 80.2 Å². The molecule has 8 heteroatoms. The van der Waals surface area contributed by atoms with Gasteiger partial charge in [-0.3, -0.25) is 14.2 Å². The van der Waals surface area contributed by atoms with Crippen molar-refractivity contribution < 1.29 is 9.21 Å². The lowest BCUT2D eigenvalue weighted by Crippen LogP contribution is -2.34. The number of thiazole rings is 1. The average molecular weight is 406 g/mol. The molecule has 2 aromatic heterocycles. The van der Waals surface area contributed by atoms with E-state index in [1.54, 1.807) is 19.1 Å². The molecule has 3 aromatic rings. The van der Waals surface area contributed by atoms with Crippen LogP contribution in [-0.2, 0) is 17.9 Å². The van der Waals surface area contributed by atoms with Crippen molar-refractivity contribution in [3.63, 3.8) is 0 Å². The van der Waals surface area contributed by atoms with Gasteiger partial charge >= 0.3 is 0 Å². The Kier molecular flexibility index (Phi) is 6.48. The van der Waals surface area contributed by atoms with Crippen LogP contribution in [0.4, 0.5) is 5.69 Å². The fourth-order valence-electron chi connectivity index (χ4n) is 2.56. The van der Waals surface area contributed by atoms with Crippen molar-refractivity contribution >= 4 is 34.2 Å². The summed E-state index contributed by atoms with van der Waals surface area (Å²) >= 11 is 1.05. The first-order valence-corrected chi connectivity index (χ1v) is 9.67. The summed E-state index contributed by atoms with van der Waals surface area (Å²) in [6.07, 6.45) is 3.04. The van der Waals surface area contributed by atoms with Crippen LogP contribution in [0.15, 0.2) is 64.1 Å². The fourth-order valence-corrected chi connectivity index (χ4v) is 3.63. The molecule has 0 atom stereocenters. The number of nitrogens with zero attached hydrogens (tertiary/aromatic N) is 2. The van der Waals surface area contributed by atoms with Crippen molar-refractivity contribution in [3.8, 4) is 6.07 Å². The normalized spacial score (nSPS) is 11.2. The zero-order valence-corrected chi connectivity index (χ0v) is 16.5. The lowest BCUT2D eigenvalue weighted by Gasteiger charge is -2.02. The third-order valence-corrected chi connectivity index (χ3v) is 5.09. The second-order valence-electron chi connectivity index (χ2n) is 5.83. The topological polar surface area (TPSA) is 100 Å². The standard InChI is InChI=1S/C21H18N4O3S/c1-2-25-20(27)18(10-11-23-15-7-4-3-5-8-15)29-21(25)17(13-22)19(26)24-14-16-9-6-12-28-16/h3-9,11-12,23H,2,14H2,1H3,(H,24,26)/b21-17-. The summed E-state index contributed by atoms with van der Waals surface area (Å²) in [7, 11) is 0. The number of hydrogen-bond acceptors (Lipinski definition) is 6. The number of anilines is 1. The zero-order valence-electron chi connectivity index (χ0n) is 15.6. The largest absolute Gasteiger partial charge is 0.467 e. The van der Waals surface area contributed by atoms with Crippen LogP contribution in [-0.4, -0.2) is 10.5 Å². The molecule has 0 aliphatic carbocycles. The van der Waals surface area contributed by atoms with E-state index in [1.165, 1.54) is 17.0 Å². The van der Waals surface area contributed by atoms with Crippen LogP contribution in [0.5, 0.6) is 0 Å². The van der Waals surface area contributed by atoms with Crippen LogP contribution in [0, 0.1) is 11.3 Å². The molecule has 0 bridgehead atoms. The van der Waals surface area contributed by atoms with E-state index in [0.29, 0.717) is 21.5 Å². The molecule has 0 aliphatic rings. The molecule has 1 amide bonds. The SMILES string of the molecule is CCn1c(=O)c(=C=CNc2ccccc2)s/c1=C(/C#N)C(=O)NCc1ccco1. The van der Waals surface area contributed by atoms with Crippen LogP contribution < -0.4 is 25.4 Å². The summed E-state index contributed by atoms with van der Waals surface area (Å²) in [5.74, 6) is 0.00364. The van der Waals surface area contributed by atoms with Crippen molar-refractivity contribution in [1.29, 1.82) is 5.26 Å². The van der Waals surface area contributed by atoms with Crippen molar-refractivity contribution in [2.45, 2.75) is 20.0 Å². The molecule has 0 radical (unpaired) electrons. The molecule has 2 heterocycles. The number of aromatic nitrogens is 1. The average Bonchev–Trinajstić information content (AvgIpc) is 3.36. The Morgan fingerprint density at radius 2 is 2.07 bits per heavy atom. The first-order chi connectivity index (χ1) is 14.1. The Hall–Kier alpha value is -3.79. The third-order valence-electron chi connectivity index (χ3n) is 3.97. The molecule has 0 fully saturated rings. The maximum Gasteiger partial charge on any atom is 0.277 e. The Labute approximate surface area is 170 Å². The van der Waals surface area contributed by atoms with Gasteiger partial charge in [-0.05, 0) is 31.2 Å². The maximum absolute atomic E-state index is 12.6. The van der Waals surface area contributed by atoms with E-state index in [1.807, 2.05) is 36.4 Å². The number of hydrogen-bond donors (Lipinski definition) is 2. The number of nitrogens with one attached hydrogen (secondary N) is 2. The lowest BCUT2D eigenvalue weighted by atomic mass is 10.3. The molecule has 29 heavy (non-hydrogen) atoms. The minimum absolute atomic E-state index is 0.121. The van der Waals surface area contributed by atoms with Gasteiger partial charge in [-0.2, -0.15) is 5.26 Å². The first-order valence-electron chi connectivity index (χ1n) is 8.85. The number of para-hydroxylation sites is 1. The van der Waals surface area contributed by atoms with Gasteiger partial charge in [0.15, 0.2) is 5.57 Å². The molecule has 7 nitrogen and oxygen atoms in total. The molecular formula is C21H18N4O3S. The summed E-state index contributed by atoms with van der Waals surface area (Å²) in [4.78, 5) is 25.1. The molecule has 146 valence electrons. The molecule has 3 rings (SSSR count). The van der Waals surface area contributed by atoms with Gasteiger partial charge in [0.05, 0.1) is 12.8 Å². The summed E-state index contributed by atoms with van der Waals surface area (Å²) in [5.41, 5.74) is 3.34. The maximum atomic E-state index is 12.6. The molecule has 0 spiro atoms. The van der Waals surface area contributed by atoms with Gasteiger partial charge in [-0.15, -0.1) is 11.3 Å². The molecular weight excluding hydrogens is 388 g/mol. The molecule has 2 N–H and O–H groups in total. The second-order valence-corrected chi connectivity index (χ2v) is 6.83. The Bertz CT molecular complexity index is 1240. The highest BCUT2D eigenvalue weighted by Crippen LogP contribution is 2.04. The predicted molar refractivity (Wildman–Crippen MR) is 111 cm³/mol. The summed E-state index contributed by atoms with van der Waals surface area (Å²) < 4.78 is 7.17. The highest BCUT2D eigenvalue weighted by atomic mass is 32.1. The number of rotatable bonds is 6. The fraction of sp³-hybridized carbons (Fsp3) is 0.143. The van der Waals surface area contributed by atoms with Crippen molar-refractivity contribution in [2.75, 3.05) is 5.32 Å². The molecule has 0 aliphatic heterocycles. The van der Waals surface area contributed by atoms with Gasteiger partial charge in [0.25, 0.3) is 11.5 Å². The molecule has 0 saturated carbocycles. The van der Waals surface area contributed by atoms with E-state index in [9.17, 15) is 14.9 Å². The second kappa shape index (κ2) is 9.42. The van der Waals surface area contributed by atoms with E-state index in [0.717, 1.165) is 17.0 Å². The number of furan rings is 1. The minimum atomic E-state index is -0.565. The Morgan fingerprint density at radius 1 is 1.28 bits per heavy atom. The monoisotopic (exact) mass is 406 g/mol. The summed E-state index contributed by atoms with van der Waals surface area (Å²) in [5, 5.41) is 15.2. The van der Waals surface area contributed by atoms with E-state index in [-0.39, 0.29) is 17.7 Å². The van der Waals surface area contributed by atoms with Gasteiger partial charge in [0, 0.05) is 18.4 Å². The van der Waals surface area contributed by atoms with Crippen LogP contribution in [0.3, 0.4) is 0 Å². The van der Waals surface area contributed by atoms with E-state index < -0.39 is 5.91 Å². The minimum Gasteiger partial charge on any atom is -0.467 e. The number of nitriles is 1. The van der Waals surface area contributed by atoms with Crippen molar-refractivity contribution in [1.82, 2.24) is 9.88 Å². The smallest absolute Gasteiger partial charge is 0.277 e. The zero-order chi connectivity index (χ0) is 20.6. The van der Waals surface area contributed by atoms with E-state index in [2.05, 4.69) is 16.4 Å². The number of amides is 1. The van der Waals surface area contributed by atoms with E-state index >= 15 is 0 Å². The highest BCUT2D eigenvalue weighted by molar-refractivity contribution is 7.07. The number of carbonyl (C=O) groups excluding carboxylic acids is 1. The van der Waals surface area contributed by atoms with Crippen LogP contribution in [0.1, 0.15) is 12.7 Å². The highest BCUT2D eigenvalue weighted by Gasteiger charge is 2.15. The van der Waals surface area contributed by atoms with Gasteiger partial charge < -0.3 is 15.1 Å². The Morgan fingerprint density at radius 3 is 2.72 bits per heavy atom. The molecule has 1 aromatic carbocycles. The van der Waals surface area contributed by atoms with Crippen molar-refractivity contribution in [2.24, 2.45) is 0 Å². The summed E-state index contributed by atoms with van der Waals surface area (Å²) in [6.45, 7) is 2.26. The lowest BCUT2D eigenvalue weighted by molar-refractivity contribution is -0.115. The number of benzene rings is 1. The summed E-state index contributed by atoms with van der Waals surface area (Å²) in [6, 6.07) is 14.8. The van der Waals surface area contributed by atoms with Gasteiger partial charge in [0.1, 0.15) is 21.0 Å². The molecule has 0 saturated heterocycles. The van der Waals surface area contributed by atoms with E-state index in [4.69, 9.17) is 4.42 Å². The van der Waals surface area contributed by atoms with Gasteiger partial charge in [-0.1, -0.05) is 23.9 Å². The van der Waals surface area contributed by atoms with Gasteiger partial charge in [0.2, 0.25) is 0 Å². The van der Waals surface area contributed by atoms with Gasteiger partial charge in [-0.25, -0.2) is 0 Å². The van der Waals surface area contributed by atoms with Crippen LogP contribution >= 0.6 is 11.3 Å². The number of carbonyl (C=O) groups is 1. The predicted octanol–water partition coefficient (Wildman–Crippen LogP) is 1.52. The van der Waals surface area contributed by atoms with Crippen LogP contribution in [0.2, 0.25) is 0 Å². The Balaban J connectivity index is 1.98. The quantitative estimate of drug-likeness (QED) is 0.647. The molecule has 0 unspecified atom stereocenters. The van der Waals surface area contributed by atoms with Crippen LogP contribution in [0.25, 0.3) is 11.3 Å². The first kappa shape index (κ1) is 20.0. The third kappa shape index (κ3) is 4.74.